The van der Waals surface area contributed by atoms with Gasteiger partial charge < -0.3 is 10.1 Å². The summed E-state index contributed by atoms with van der Waals surface area (Å²) in [6, 6.07) is 6.22. The van der Waals surface area contributed by atoms with E-state index in [9.17, 15) is 0 Å². The van der Waals surface area contributed by atoms with Crippen molar-refractivity contribution in [1.82, 2.24) is 5.32 Å². The molecular formula is C12H18ClNO. The highest BCUT2D eigenvalue weighted by Crippen LogP contribution is 2.27. The van der Waals surface area contributed by atoms with Gasteiger partial charge in [-0.15, -0.1) is 0 Å². The first-order valence-electron chi connectivity index (χ1n) is 5.25. The summed E-state index contributed by atoms with van der Waals surface area (Å²) >= 11 is 6.05. The summed E-state index contributed by atoms with van der Waals surface area (Å²) in [7, 11) is 1.62. The summed E-state index contributed by atoms with van der Waals surface area (Å²) in [6.45, 7) is 5.30. The fourth-order valence-electron chi connectivity index (χ4n) is 1.43. The van der Waals surface area contributed by atoms with Crippen molar-refractivity contribution in [2.75, 3.05) is 13.7 Å². The van der Waals surface area contributed by atoms with E-state index in [2.05, 4.69) is 19.2 Å². The lowest BCUT2D eigenvalue weighted by atomic mass is 10.1. The fraction of sp³-hybridized carbons (Fsp3) is 0.500. The molecule has 0 fully saturated rings. The molecule has 0 bridgehead atoms. The average molecular weight is 228 g/mol. The largest absolute Gasteiger partial charge is 0.495 e. The molecule has 1 atom stereocenters. The highest BCUT2D eigenvalue weighted by Gasteiger charge is 2.07. The van der Waals surface area contributed by atoms with Crippen LogP contribution in [-0.4, -0.2) is 13.7 Å². The Labute approximate surface area is 96.6 Å². The number of hydrogen-bond acceptors (Lipinski definition) is 2. The molecule has 1 aromatic carbocycles. The Bertz CT molecular complexity index is 314. The maximum Gasteiger partial charge on any atom is 0.137 e. The maximum atomic E-state index is 6.05. The van der Waals surface area contributed by atoms with Crippen LogP contribution in [0.3, 0.4) is 0 Å². The molecule has 1 rings (SSSR count). The van der Waals surface area contributed by atoms with Crippen LogP contribution in [0.15, 0.2) is 18.2 Å². The van der Waals surface area contributed by atoms with Gasteiger partial charge in [0.25, 0.3) is 0 Å². The third-order valence-corrected chi connectivity index (χ3v) is 2.67. The molecular weight excluding hydrogens is 210 g/mol. The molecule has 0 aliphatic rings. The van der Waals surface area contributed by atoms with Gasteiger partial charge in [-0.3, -0.25) is 0 Å². The second-order valence-electron chi connectivity index (χ2n) is 3.57. The molecule has 0 radical (unpaired) electrons. The zero-order chi connectivity index (χ0) is 11.3. The van der Waals surface area contributed by atoms with Gasteiger partial charge >= 0.3 is 0 Å². The van der Waals surface area contributed by atoms with E-state index in [1.807, 2.05) is 18.2 Å². The topological polar surface area (TPSA) is 21.3 Å². The minimum Gasteiger partial charge on any atom is -0.495 e. The van der Waals surface area contributed by atoms with Crippen molar-refractivity contribution in [2.24, 2.45) is 0 Å². The van der Waals surface area contributed by atoms with E-state index in [0.29, 0.717) is 11.1 Å². The van der Waals surface area contributed by atoms with Crippen LogP contribution in [0.5, 0.6) is 5.75 Å². The van der Waals surface area contributed by atoms with Crippen LogP contribution >= 0.6 is 11.6 Å². The molecule has 15 heavy (non-hydrogen) atoms. The summed E-state index contributed by atoms with van der Waals surface area (Å²) in [4.78, 5) is 0. The second kappa shape index (κ2) is 5.99. The van der Waals surface area contributed by atoms with Crippen molar-refractivity contribution in [3.8, 4) is 5.75 Å². The monoisotopic (exact) mass is 227 g/mol. The van der Waals surface area contributed by atoms with Crippen molar-refractivity contribution in [1.29, 1.82) is 0 Å². The zero-order valence-corrected chi connectivity index (χ0v) is 10.3. The minimum absolute atomic E-state index is 0.327. The Morgan fingerprint density at radius 2 is 2.20 bits per heavy atom. The quantitative estimate of drug-likeness (QED) is 0.833. The molecule has 0 amide bonds. The van der Waals surface area contributed by atoms with Crippen LogP contribution in [-0.2, 0) is 0 Å². The lowest BCUT2D eigenvalue weighted by Crippen LogP contribution is -2.19. The Morgan fingerprint density at radius 1 is 1.47 bits per heavy atom. The van der Waals surface area contributed by atoms with Crippen LogP contribution in [0.4, 0.5) is 0 Å². The molecule has 0 spiro atoms. The van der Waals surface area contributed by atoms with Gasteiger partial charge in [-0.2, -0.15) is 0 Å². The third kappa shape index (κ3) is 3.40. The third-order valence-electron chi connectivity index (χ3n) is 2.38. The SMILES string of the molecule is CCCNC(C)c1ccc(OC)c(Cl)c1. The van der Waals surface area contributed by atoms with Gasteiger partial charge in [-0.05, 0) is 37.6 Å². The van der Waals surface area contributed by atoms with Gasteiger partial charge in [0.05, 0.1) is 12.1 Å². The summed E-state index contributed by atoms with van der Waals surface area (Å²) < 4.78 is 5.11. The molecule has 1 unspecified atom stereocenters. The van der Waals surface area contributed by atoms with Crippen LogP contribution in [0, 0.1) is 0 Å². The van der Waals surface area contributed by atoms with E-state index >= 15 is 0 Å². The summed E-state index contributed by atoms with van der Waals surface area (Å²) in [5.41, 5.74) is 1.19. The van der Waals surface area contributed by atoms with Crippen LogP contribution in [0.2, 0.25) is 5.02 Å². The van der Waals surface area contributed by atoms with E-state index in [0.717, 1.165) is 18.7 Å². The standard InChI is InChI=1S/C12H18ClNO/c1-4-7-14-9(2)10-5-6-12(15-3)11(13)8-10/h5-6,8-9,14H,4,7H2,1-3H3. The number of methoxy groups -OCH3 is 1. The van der Waals surface area contributed by atoms with Crippen molar-refractivity contribution < 1.29 is 4.74 Å². The van der Waals surface area contributed by atoms with E-state index < -0.39 is 0 Å². The maximum absolute atomic E-state index is 6.05. The van der Waals surface area contributed by atoms with Crippen LogP contribution in [0.1, 0.15) is 31.9 Å². The van der Waals surface area contributed by atoms with Crippen molar-refractivity contribution in [3.05, 3.63) is 28.8 Å². The summed E-state index contributed by atoms with van der Waals surface area (Å²) in [5, 5.41) is 4.08. The lowest BCUT2D eigenvalue weighted by Gasteiger charge is -2.14. The van der Waals surface area contributed by atoms with Crippen LogP contribution in [0.25, 0.3) is 0 Å². The number of hydrogen-bond donors (Lipinski definition) is 1. The van der Waals surface area contributed by atoms with Gasteiger partial charge in [-0.1, -0.05) is 24.6 Å². The van der Waals surface area contributed by atoms with Gasteiger partial charge in [0, 0.05) is 6.04 Å². The first-order valence-corrected chi connectivity index (χ1v) is 5.63. The van der Waals surface area contributed by atoms with Gasteiger partial charge in [0.1, 0.15) is 5.75 Å². The molecule has 84 valence electrons. The fourth-order valence-corrected chi connectivity index (χ4v) is 1.70. The Balaban J connectivity index is 2.73. The lowest BCUT2D eigenvalue weighted by molar-refractivity contribution is 0.414. The zero-order valence-electron chi connectivity index (χ0n) is 9.51. The van der Waals surface area contributed by atoms with Crippen molar-refractivity contribution in [2.45, 2.75) is 26.3 Å². The molecule has 0 saturated carbocycles. The van der Waals surface area contributed by atoms with Gasteiger partial charge in [-0.25, -0.2) is 0 Å². The molecule has 0 aromatic heterocycles. The first kappa shape index (κ1) is 12.3. The Morgan fingerprint density at radius 3 is 2.73 bits per heavy atom. The number of ether oxygens (including phenoxy) is 1. The van der Waals surface area contributed by atoms with Crippen molar-refractivity contribution >= 4 is 11.6 Å². The summed E-state index contributed by atoms with van der Waals surface area (Å²) in [5.74, 6) is 0.725. The molecule has 0 aliphatic carbocycles. The molecule has 0 saturated heterocycles. The number of rotatable bonds is 5. The number of halogens is 1. The highest BCUT2D eigenvalue weighted by molar-refractivity contribution is 6.32. The Hall–Kier alpha value is -0.730. The minimum atomic E-state index is 0.327. The Kier molecular flexibility index (Phi) is 4.92. The number of benzene rings is 1. The van der Waals surface area contributed by atoms with Crippen molar-refractivity contribution in [3.63, 3.8) is 0 Å². The molecule has 2 nitrogen and oxygen atoms in total. The van der Waals surface area contributed by atoms with E-state index in [-0.39, 0.29) is 0 Å². The highest BCUT2D eigenvalue weighted by atomic mass is 35.5. The second-order valence-corrected chi connectivity index (χ2v) is 3.98. The van der Waals surface area contributed by atoms with E-state index in [4.69, 9.17) is 16.3 Å². The smallest absolute Gasteiger partial charge is 0.137 e. The molecule has 1 N–H and O–H groups in total. The van der Waals surface area contributed by atoms with E-state index in [1.165, 1.54) is 5.56 Å². The average Bonchev–Trinajstić information content (AvgIpc) is 2.25. The van der Waals surface area contributed by atoms with Crippen LogP contribution < -0.4 is 10.1 Å². The normalized spacial score (nSPS) is 12.5. The van der Waals surface area contributed by atoms with Gasteiger partial charge in [0.2, 0.25) is 0 Å². The molecule has 0 aliphatic heterocycles. The molecule has 0 heterocycles. The first-order chi connectivity index (χ1) is 7.19. The predicted octanol–water partition coefficient (Wildman–Crippen LogP) is 3.41. The molecule has 1 aromatic rings. The van der Waals surface area contributed by atoms with Gasteiger partial charge in [0.15, 0.2) is 0 Å². The predicted molar refractivity (Wildman–Crippen MR) is 64.7 cm³/mol. The number of nitrogens with one attached hydrogen (secondary N) is 1. The van der Waals surface area contributed by atoms with E-state index in [1.54, 1.807) is 7.11 Å². The summed E-state index contributed by atoms with van der Waals surface area (Å²) in [6.07, 6.45) is 1.13. The molecule has 3 heteroatoms.